The van der Waals surface area contributed by atoms with Crippen LogP contribution in [0.15, 0.2) is 12.1 Å². The van der Waals surface area contributed by atoms with E-state index in [4.69, 9.17) is 16.7 Å². The van der Waals surface area contributed by atoms with Gasteiger partial charge in [0.2, 0.25) is 0 Å². The minimum atomic E-state index is 0.182. The summed E-state index contributed by atoms with van der Waals surface area (Å²) in [6.45, 7) is 4.47. The van der Waals surface area contributed by atoms with Gasteiger partial charge in [-0.3, -0.25) is 4.90 Å². The molecule has 1 aromatic heterocycles. The normalized spacial score (nSPS) is 15.1. The molecule has 1 aliphatic carbocycles. The van der Waals surface area contributed by atoms with Gasteiger partial charge in [0.25, 0.3) is 0 Å². The third-order valence-electron chi connectivity index (χ3n) is 3.08. The SMILES string of the molecule is CCNc1ccc(Cl)c(CN(CCO)C2CC2)n1. The van der Waals surface area contributed by atoms with E-state index in [1.807, 2.05) is 19.1 Å². The van der Waals surface area contributed by atoms with E-state index >= 15 is 0 Å². The zero-order valence-corrected chi connectivity index (χ0v) is 11.5. The molecule has 0 aliphatic heterocycles. The Kier molecular flexibility index (Phi) is 4.80. The van der Waals surface area contributed by atoms with Gasteiger partial charge < -0.3 is 10.4 Å². The maximum Gasteiger partial charge on any atom is 0.126 e. The quantitative estimate of drug-likeness (QED) is 0.796. The number of hydrogen-bond acceptors (Lipinski definition) is 4. The van der Waals surface area contributed by atoms with Crippen molar-refractivity contribution in [1.29, 1.82) is 0 Å². The molecule has 0 radical (unpaired) electrons. The van der Waals surface area contributed by atoms with Crippen LogP contribution in [0.4, 0.5) is 5.82 Å². The summed E-state index contributed by atoms with van der Waals surface area (Å²) in [4.78, 5) is 6.78. The predicted octanol–water partition coefficient (Wildman–Crippen LogP) is 2.12. The van der Waals surface area contributed by atoms with Crippen molar-refractivity contribution >= 4 is 17.4 Å². The number of halogens is 1. The highest BCUT2D eigenvalue weighted by atomic mass is 35.5. The number of rotatable bonds is 7. The summed E-state index contributed by atoms with van der Waals surface area (Å²) in [5.74, 6) is 0.858. The van der Waals surface area contributed by atoms with Crippen LogP contribution < -0.4 is 5.32 Å². The Labute approximate surface area is 113 Å². The molecule has 0 unspecified atom stereocenters. The van der Waals surface area contributed by atoms with Crippen LogP contribution in [0.25, 0.3) is 0 Å². The molecule has 0 atom stereocenters. The maximum absolute atomic E-state index is 9.09. The predicted molar refractivity (Wildman–Crippen MR) is 73.9 cm³/mol. The zero-order valence-electron chi connectivity index (χ0n) is 10.7. The zero-order chi connectivity index (χ0) is 13.0. The van der Waals surface area contributed by atoms with E-state index in [9.17, 15) is 0 Å². The van der Waals surface area contributed by atoms with Crippen molar-refractivity contribution in [2.75, 3.05) is 25.0 Å². The van der Waals surface area contributed by atoms with E-state index in [1.54, 1.807) is 0 Å². The average Bonchev–Trinajstić information content (AvgIpc) is 3.17. The second-order valence-corrected chi connectivity index (χ2v) is 4.99. The summed E-state index contributed by atoms with van der Waals surface area (Å²) in [7, 11) is 0. The lowest BCUT2D eigenvalue weighted by molar-refractivity contribution is 0.182. The second-order valence-electron chi connectivity index (χ2n) is 4.58. The van der Waals surface area contributed by atoms with Crippen molar-refractivity contribution in [2.45, 2.75) is 32.4 Å². The Morgan fingerprint density at radius 3 is 2.89 bits per heavy atom. The fraction of sp³-hybridized carbons (Fsp3) is 0.615. The fourth-order valence-corrected chi connectivity index (χ4v) is 2.19. The summed E-state index contributed by atoms with van der Waals surface area (Å²) < 4.78 is 0. The first-order valence-corrected chi connectivity index (χ1v) is 6.86. The lowest BCUT2D eigenvalue weighted by Gasteiger charge is -2.21. The molecule has 1 heterocycles. The highest BCUT2D eigenvalue weighted by Crippen LogP contribution is 2.29. The van der Waals surface area contributed by atoms with Gasteiger partial charge >= 0.3 is 0 Å². The summed E-state index contributed by atoms with van der Waals surface area (Å²) in [6, 6.07) is 4.37. The van der Waals surface area contributed by atoms with Crippen molar-refractivity contribution in [1.82, 2.24) is 9.88 Å². The van der Waals surface area contributed by atoms with Crippen LogP contribution in [0.5, 0.6) is 0 Å². The molecule has 0 saturated heterocycles. The molecule has 1 fully saturated rings. The molecule has 4 nitrogen and oxygen atoms in total. The van der Waals surface area contributed by atoms with E-state index in [2.05, 4.69) is 15.2 Å². The maximum atomic E-state index is 9.09. The third kappa shape index (κ3) is 3.57. The minimum absolute atomic E-state index is 0.182. The molecule has 1 saturated carbocycles. The van der Waals surface area contributed by atoms with Crippen molar-refractivity contribution in [2.24, 2.45) is 0 Å². The summed E-state index contributed by atoms with van der Waals surface area (Å²) in [5.41, 5.74) is 0.885. The molecule has 1 aromatic rings. The molecule has 0 bridgehead atoms. The van der Waals surface area contributed by atoms with Gasteiger partial charge in [0, 0.05) is 25.7 Å². The molecule has 2 N–H and O–H groups in total. The van der Waals surface area contributed by atoms with Crippen LogP contribution in [-0.4, -0.2) is 40.7 Å². The highest BCUT2D eigenvalue weighted by molar-refractivity contribution is 6.31. The number of anilines is 1. The Hall–Kier alpha value is -0.840. The first kappa shape index (κ1) is 13.6. The molecule has 100 valence electrons. The van der Waals surface area contributed by atoms with Crippen molar-refractivity contribution in [3.05, 3.63) is 22.8 Å². The molecule has 1 aliphatic rings. The second kappa shape index (κ2) is 6.36. The van der Waals surface area contributed by atoms with E-state index in [0.29, 0.717) is 24.2 Å². The molecule has 2 rings (SSSR count). The minimum Gasteiger partial charge on any atom is -0.395 e. The topological polar surface area (TPSA) is 48.4 Å². The number of pyridine rings is 1. The Bertz CT molecular complexity index is 396. The first-order valence-electron chi connectivity index (χ1n) is 6.48. The highest BCUT2D eigenvalue weighted by Gasteiger charge is 2.29. The lowest BCUT2D eigenvalue weighted by atomic mass is 10.3. The standard InChI is InChI=1S/C13H20ClN3O/c1-2-15-13-6-5-11(14)12(16-13)9-17(7-8-18)10-3-4-10/h5-6,10,18H,2-4,7-9H2,1H3,(H,15,16). The van der Waals surface area contributed by atoms with Crippen LogP contribution in [0.1, 0.15) is 25.5 Å². The van der Waals surface area contributed by atoms with Crippen LogP contribution in [0.3, 0.4) is 0 Å². The first-order chi connectivity index (χ1) is 8.74. The number of hydrogen-bond donors (Lipinski definition) is 2. The number of aliphatic hydroxyl groups is 1. The monoisotopic (exact) mass is 269 g/mol. The van der Waals surface area contributed by atoms with Gasteiger partial charge in [-0.2, -0.15) is 0 Å². The lowest BCUT2D eigenvalue weighted by Crippen LogP contribution is -2.29. The Morgan fingerprint density at radius 2 is 2.28 bits per heavy atom. The van der Waals surface area contributed by atoms with Crippen LogP contribution in [-0.2, 0) is 6.54 Å². The molecule has 0 spiro atoms. The van der Waals surface area contributed by atoms with Gasteiger partial charge in [-0.05, 0) is 31.9 Å². The number of nitrogens with one attached hydrogen (secondary N) is 1. The van der Waals surface area contributed by atoms with Crippen LogP contribution in [0, 0.1) is 0 Å². The molecular weight excluding hydrogens is 250 g/mol. The molecule has 0 amide bonds. The van der Waals surface area contributed by atoms with Gasteiger partial charge in [-0.1, -0.05) is 11.6 Å². The van der Waals surface area contributed by atoms with E-state index in [0.717, 1.165) is 18.1 Å². The smallest absolute Gasteiger partial charge is 0.126 e. The van der Waals surface area contributed by atoms with Gasteiger partial charge in [0.1, 0.15) is 5.82 Å². The van der Waals surface area contributed by atoms with Gasteiger partial charge in [-0.25, -0.2) is 4.98 Å². The van der Waals surface area contributed by atoms with Gasteiger partial charge in [0.05, 0.1) is 17.3 Å². The molecular formula is C13H20ClN3O. The van der Waals surface area contributed by atoms with E-state index in [1.165, 1.54) is 12.8 Å². The van der Waals surface area contributed by atoms with E-state index in [-0.39, 0.29) is 6.61 Å². The average molecular weight is 270 g/mol. The third-order valence-corrected chi connectivity index (χ3v) is 3.42. The van der Waals surface area contributed by atoms with Crippen LogP contribution in [0.2, 0.25) is 5.02 Å². The van der Waals surface area contributed by atoms with Gasteiger partial charge in [0.15, 0.2) is 0 Å². The van der Waals surface area contributed by atoms with Crippen molar-refractivity contribution < 1.29 is 5.11 Å². The number of nitrogens with zero attached hydrogens (tertiary/aromatic N) is 2. The molecule has 5 heteroatoms. The van der Waals surface area contributed by atoms with E-state index < -0.39 is 0 Å². The molecule has 0 aromatic carbocycles. The Balaban J connectivity index is 2.07. The Morgan fingerprint density at radius 1 is 1.50 bits per heavy atom. The van der Waals surface area contributed by atoms with Crippen LogP contribution >= 0.6 is 11.6 Å². The summed E-state index contributed by atoms with van der Waals surface area (Å²) in [5, 5.41) is 13.0. The number of aromatic nitrogens is 1. The molecule has 18 heavy (non-hydrogen) atoms. The summed E-state index contributed by atoms with van der Waals surface area (Å²) >= 11 is 6.19. The van der Waals surface area contributed by atoms with Gasteiger partial charge in [-0.15, -0.1) is 0 Å². The largest absolute Gasteiger partial charge is 0.395 e. The van der Waals surface area contributed by atoms with Crippen molar-refractivity contribution in [3.8, 4) is 0 Å². The fourth-order valence-electron chi connectivity index (χ4n) is 2.03. The summed E-state index contributed by atoms with van der Waals surface area (Å²) in [6.07, 6.45) is 2.43. The van der Waals surface area contributed by atoms with Crippen molar-refractivity contribution in [3.63, 3.8) is 0 Å². The number of aliphatic hydroxyl groups excluding tert-OH is 1.